The number of hydrogen-bond acceptors (Lipinski definition) is 5. The van der Waals surface area contributed by atoms with Crippen molar-refractivity contribution in [2.45, 2.75) is 32.2 Å². The Kier molecular flexibility index (Phi) is 5.65. The third-order valence-electron chi connectivity index (χ3n) is 5.39. The second kappa shape index (κ2) is 8.52. The number of rotatable bonds is 5. The van der Waals surface area contributed by atoms with Gasteiger partial charge in [-0.3, -0.25) is 0 Å². The van der Waals surface area contributed by atoms with Gasteiger partial charge in [0.15, 0.2) is 5.65 Å². The van der Waals surface area contributed by atoms with Crippen LogP contribution in [0, 0.1) is 0 Å². The predicted molar refractivity (Wildman–Crippen MR) is 114 cm³/mol. The van der Waals surface area contributed by atoms with Gasteiger partial charge in [0.05, 0.1) is 24.4 Å². The first-order valence-electron chi connectivity index (χ1n) is 10.2. The summed E-state index contributed by atoms with van der Waals surface area (Å²) in [6.45, 7) is 3.31. The number of methoxy groups -OCH3 is 1. The number of benzene rings is 1. The van der Waals surface area contributed by atoms with Gasteiger partial charge in [-0.05, 0) is 37.1 Å². The largest absolute Gasteiger partial charge is 0.465 e. The van der Waals surface area contributed by atoms with Gasteiger partial charge >= 0.3 is 12.0 Å². The third-order valence-corrected chi connectivity index (χ3v) is 5.39. The molecule has 4 rings (SSSR count). The molecular formula is C22H25N5O3. The van der Waals surface area contributed by atoms with Gasteiger partial charge in [-0.15, -0.1) is 0 Å². The number of urea groups is 1. The van der Waals surface area contributed by atoms with Crippen LogP contribution in [0.25, 0.3) is 11.2 Å². The first-order valence-corrected chi connectivity index (χ1v) is 10.2. The number of hydrogen-bond donors (Lipinski definition) is 1. The molecule has 1 atom stereocenters. The highest BCUT2D eigenvalue weighted by molar-refractivity contribution is 6.00. The first kappa shape index (κ1) is 19.9. The summed E-state index contributed by atoms with van der Waals surface area (Å²) in [5, 5.41) is 2.86. The number of nitrogens with one attached hydrogen (secondary N) is 1. The number of aromatic nitrogens is 3. The molecule has 156 valence electrons. The quantitative estimate of drug-likeness (QED) is 0.652. The number of carbonyl (C=O) groups excluding carboxylic acids is 2. The summed E-state index contributed by atoms with van der Waals surface area (Å²) in [5.74, 6) is 0.528. The molecule has 3 aromatic rings. The van der Waals surface area contributed by atoms with Crippen LogP contribution in [0.4, 0.5) is 10.5 Å². The second-order valence-corrected chi connectivity index (χ2v) is 7.35. The van der Waals surface area contributed by atoms with Crippen LogP contribution >= 0.6 is 0 Å². The summed E-state index contributed by atoms with van der Waals surface area (Å²) in [6.07, 6.45) is 4.46. The normalized spacial score (nSPS) is 16.1. The fourth-order valence-corrected chi connectivity index (χ4v) is 3.97. The molecule has 2 aromatic heterocycles. The van der Waals surface area contributed by atoms with Crippen molar-refractivity contribution in [1.29, 1.82) is 0 Å². The Balaban J connectivity index is 1.53. The second-order valence-electron chi connectivity index (χ2n) is 7.35. The van der Waals surface area contributed by atoms with E-state index in [1.165, 1.54) is 7.11 Å². The first-order chi connectivity index (χ1) is 14.6. The minimum absolute atomic E-state index is 0.119. The molecule has 2 amide bonds. The molecule has 0 spiro atoms. The number of amides is 2. The minimum Gasteiger partial charge on any atom is -0.465 e. The van der Waals surface area contributed by atoms with E-state index >= 15 is 0 Å². The SMILES string of the molecule is CCCc1nc2cccnc2n1[C@@H]1CCN(C(=O)Nc2ccccc2C(=O)OC)C1. The molecule has 1 saturated heterocycles. The van der Waals surface area contributed by atoms with Crippen LogP contribution in [0.15, 0.2) is 42.6 Å². The van der Waals surface area contributed by atoms with E-state index in [4.69, 9.17) is 9.72 Å². The number of pyridine rings is 1. The Labute approximate surface area is 174 Å². The van der Waals surface area contributed by atoms with Crippen molar-refractivity contribution in [3.05, 3.63) is 54.0 Å². The summed E-state index contributed by atoms with van der Waals surface area (Å²) in [5.41, 5.74) is 2.53. The molecule has 0 unspecified atom stereocenters. The average Bonchev–Trinajstić information content (AvgIpc) is 3.38. The number of imidazole rings is 1. The maximum absolute atomic E-state index is 12.9. The Bertz CT molecular complexity index is 1080. The van der Waals surface area contributed by atoms with Crippen molar-refractivity contribution in [3.8, 4) is 0 Å². The van der Waals surface area contributed by atoms with E-state index in [9.17, 15) is 9.59 Å². The van der Waals surface area contributed by atoms with Gasteiger partial charge in [0, 0.05) is 25.7 Å². The lowest BCUT2D eigenvalue weighted by atomic mass is 10.2. The minimum atomic E-state index is -0.481. The molecule has 8 heteroatoms. The lowest BCUT2D eigenvalue weighted by Gasteiger charge is -2.20. The molecule has 0 saturated carbocycles. The van der Waals surface area contributed by atoms with Crippen molar-refractivity contribution < 1.29 is 14.3 Å². The van der Waals surface area contributed by atoms with E-state index in [0.29, 0.717) is 24.3 Å². The molecule has 1 aliphatic rings. The zero-order valence-electron chi connectivity index (χ0n) is 17.2. The molecule has 1 aliphatic heterocycles. The number of fused-ring (bicyclic) bond motifs is 1. The van der Waals surface area contributed by atoms with Crippen LogP contribution < -0.4 is 5.32 Å². The summed E-state index contributed by atoms with van der Waals surface area (Å²) >= 11 is 0. The molecule has 1 fully saturated rings. The van der Waals surface area contributed by atoms with Crippen LogP contribution in [0.5, 0.6) is 0 Å². The molecule has 0 bridgehead atoms. The summed E-state index contributed by atoms with van der Waals surface area (Å²) in [6, 6.07) is 10.6. The lowest BCUT2D eigenvalue weighted by molar-refractivity contribution is 0.0602. The number of aryl methyl sites for hydroxylation is 1. The van der Waals surface area contributed by atoms with Crippen LogP contribution in [0.1, 0.15) is 42.0 Å². The third kappa shape index (κ3) is 3.72. The molecular weight excluding hydrogens is 382 g/mol. The zero-order chi connectivity index (χ0) is 21.1. The standard InChI is InChI=1S/C22H25N5O3/c1-3-7-19-24-18-10-6-12-23-20(18)27(19)15-11-13-26(14-15)22(29)25-17-9-5-4-8-16(17)21(28)30-2/h4-6,8-10,12,15H,3,7,11,13-14H2,1-2H3,(H,25,29)/t15-/m1/s1. The number of nitrogens with zero attached hydrogens (tertiary/aromatic N) is 4. The van der Waals surface area contributed by atoms with Gasteiger partial charge in [-0.25, -0.2) is 19.6 Å². The number of para-hydroxylation sites is 1. The van der Waals surface area contributed by atoms with Gasteiger partial charge in [-0.1, -0.05) is 19.1 Å². The number of esters is 1. The van der Waals surface area contributed by atoms with Gasteiger partial charge in [0.25, 0.3) is 0 Å². The Morgan fingerprint density at radius 2 is 2.07 bits per heavy atom. The molecule has 3 heterocycles. The van der Waals surface area contributed by atoms with E-state index in [-0.39, 0.29) is 12.1 Å². The maximum Gasteiger partial charge on any atom is 0.339 e. The van der Waals surface area contributed by atoms with E-state index in [0.717, 1.165) is 36.3 Å². The van der Waals surface area contributed by atoms with Gasteiger partial charge in [0.2, 0.25) is 0 Å². The molecule has 1 aromatic carbocycles. The Hall–Kier alpha value is -3.42. The van der Waals surface area contributed by atoms with Crippen LogP contribution in [0.3, 0.4) is 0 Å². The van der Waals surface area contributed by atoms with E-state index in [2.05, 4.69) is 21.8 Å². The fraction of sp³-hybridized carbons (Fsp3) is 0.364. The molecule has 0 radical (unpaired) electrons. The lowest BCUT2D eigenvalue weighted by Crippen LogP contribution is -2.33. The zero-order valence-corrected chi connectivity index (χ0v) is 17.2. The van der Waals surface area contributed by atoms with Gasteiger partial charge < -0.3 is 19.5 Å². The summed E-state index contributed by atoms with van der Waals surface area (Å²) < 4.78 is 6.99. The van der Waals surface area contributed by atoms with E-state index in [1.54, 1.807) is 35.4 Å². The number of carbonyl (C=O) groups is 2. The average molecular weight is 407 g/mol. The van der Waals surface area contributed by atoms with Gasteiger partial charge in [0.1, 0.15) is 11.3 Å². The molecule has 30 heavy (non-hydrogen) atoms. The number of likely N-dealkylation sites (tertiary alicyclic amines) is 1. The summed E-state index contributed by atoms with van der Waals surface area (Å²) in [4.78, 5) is 35.9. The van der Waals surface area contributed by atoms with Crippen molar-refractivity contribution in [2.75, 3.05) is 25.5 Å². The molecule has 0 aliphatic carbocycles. The van der Waals surface area contributed by atoms with Crippen molar-refractivity contribution in [2.24, 2.45) is 0 Å². The highest BCUT2D eigenvalue weighted by atomic mass is 16.5. The van der Waals surface area contributed by atoms with Gasteiger partial charge in [-0.2, -0.15) is 0 Å². The topological polar surface area (TPSA) is 89.4 Å². The monoisotopic (exact) mass is 407 g/mol. The van der Waals surface area contributed by atoms with Crippen molar-refractivity contribution in [1.82, 2.24) is 19.4 Å². The Morgan fingerprint density at radius 3 is 2.87 bits per heavy atom. The highest BCUT2D eigenvalue weighted by Crippen LogP contribution is 2.28. The molecule has 8 nitrogen and oxygen atoms in total. The van der Waals surface area contributed by atoms with Crippen LogP contribution in [0.2, 0.25) is 0 Å². The van der Waals surface area contributed by atoms with E-state index in [1.807, 2.05) is 12.1 Å². The van der Waals surface area contributed by atoms with E-state index < -0.39 is 5.97 Å². The maximum atomic E-state index is 12.9. The highest BCUT2D eigenvalue weighted by Gasteiger charge is 2.30. The number of anilines is 1. The molecule has 1 N–H and O–H groups in total. The van der Waals surface area contributed by atoms with Crippen LogP contribution in [-0.4, -0.2) is 51.6 Å². The van der Waals surface area contributed by atoms with Crippen molar-refractivity contribution in [3.63, 3.8) is 0 Å². The fourth-order valence-electron chi connectivity index (χ4n) is 3.97. The smallest absolute Gasteiger partial charge is 0.339 e. The number of ether oxygens (including phenoxy) is 1. The van der Waals surface area contributed by atoms with Crippen molar-refractivity contribution >= 4 is 28.9 Å². The Morgan fingerprint density at radius 1 is 1.23 bits per heavy atom. The summed E-state index contributed by atoms with van der Waals surface area (Å²) in [7, 11) is 1.32. The predicted octanol–water partition coefficient (Wildman–Crippen LogP) is 3.65. The van der Waals surface area contributed by atoms with Crippen LogP contribution in [-0.2, 0) is 11.2 Å².